The fourth-order valence-corrected chi connectivity index (χ4v) is 0.157. The van der Waals surface area contributed by atoms with Crippen molar-refractivity contribution in [2.75, 3.05) is 7.05 Å². The van der Waals surface area contributed by atoms with Crippen LogP contribution in [0.25, 0.3) is 0 Å². The molecule has 0 saturated heterocycles. The van der Waals surface area contributed by atoms with Crippen molar-refractivity contribution < 1.29 is 4.79 Å². The van der Waals surface area contributed by atoms with Gasteiger partial charge in [0.05, 0.1) is 0 Å². The average molecular weight is 103 g/mol. The smallest absolute Gasteiger partial charge is 0.209 e. The van der Waals surface area contributed by atoms with E-state index in [1.807, 2.05) is 0 Å². The lowest BCUT2D eigenvalue weighted by molar-refractivity contribution is -0.110. The average Bonchev–Trinajstić information content (AvgIpc) is 1.68. The number of carbonyl (C=O) groups is 1. The minimum atomic E-state index is -0.419. The van der Waals surface area contributed by atoms with Crippen LogP contribution < -0.4 is 16.4 Å². The highest BCUT2D eigenvalue weighted by Gasteiger charge is 1.87. The summed E-state index contributed by atoms with van der Waals surface area (Å²) in [5.74, 6) is 0. The summed E-state index contributed by atoms with van der Waals surface area (Å²) in [5.41, 5.74) is 5.13. The van der Waals surface area contributed by atoms with Gasteiger partial charge in [-0.05, 0) is 7.05 Å². The molecule has 0 heterocycles. The molecule has 4 heteroatoms. The SMILES string of the molecule is CNC(N)NC=O. The van der Waals surface area contributed by atoms with Crippen molar-refractivity contribution in [1.29, 1.82) is 0 Å². The largest absolute Gasteiger partial charge is 0.331 e. The topological polar surface area (TPSA) is 67.2 Å². The van der Waals surface area contributed by atoms with E-state index in [9.17, 15) is 4.79 Å². The van der Waals surface area contributed by atoms with Gasteiger partial charge in [-0.2, -0.15) is 0 Å². The van der Waals surface area contributed by atoms with Crippen LogP contribution in [0, 0.1) is 0 Å². The van der Waals surface area contributed by atoms with Gasteiger partial charge < -0.3 is 5.32 Å². The molecule has 4 N–H and O–H groups in total. The first-order chi connectivity index (χ1) is 3.31. The van der Waals surface area contributed by atoms with Gasteiger partial charge in [-0.1, -0.05) is 0 Å². The lowest BCUT2D eigenvalue weighted by atomic mass is 10.8. The minimum absolute atomic E-state index is 0.419. The third-order valence-electron chi connectivity index (χ3n) is 0.559. The van der Waals surface area contributed by atoms with Crippen molar-refractivity contribution >= 4 is 6.41 Å². The van der Waals surface area contributed by atoms with Gasteiger partial charge in [0.2, 0.25) is 6.41 Å². The molecule has 0 radical (unpaired) electrons. The number of rotatable bonds is 3. The van der Waals surface area contributed by atoms with Crippen LogP contribution in [0.4, 0.5) is 0 Å². The van der Waals surface area contributed by atoms with Crippen LogP contribution in [-0.4, -0.2) is 19.7 Å². The Morgan fingerprint density at radius 3 is 2.57 bits per heavy atom. The van der Waals surface area contributed by atoms with Gasteiger partial charge in [0.1, 0.15) is 6.29 Å². The third kappa shape index (κ3) is 3.21. The number of hydrogen-bond donors (Lipinski definition) is 3. The van der Waals surface area contributed by atoms with Crippen molar-refractivity contribution in [2.45, 2.75) is 6.29 Å². The Labute approximate surface area is 42.1 Å². The molecule has 0 aromatic heterocycles. The molecule has 0 aromatic carbocycles. The minimum Gasteiger partial charge on any atom is -0.331 e. The molecule has 0 aliphatic rings. The first-order valence-corrected chi connectivity index (χ1v) is 1.94. The molecule has 0 aromatic rings. The molecule has 1 atom stereocenters. The lowest BCUT2D eigenvalue weighted by Crippen LogP contribution is -2.46. The molecule has 1 unspecified atom stereocenters. The zero-order chi connectivity index (χ0) is 5.70. The molecule has 0 aliphatic carbocycles. The van der Waals surface area contributed by atoms with Crippen molar-refractivity contribution in [3.63, 3.8) is 0 Å². The summed E-state index contributed by atoms with van der Waals surface area (Å²) in [7, 11) is 1.65. The maximum absolute atomic E-state index is 9.54. The summed E-state index contributed by atoms with van der Waals surface area (Å²) in [6, 6.07) is 0. The first-order valence-electron chi connectivity index (χ1n) is 1.94. The van der Waals surface area contributed by atoms with Gasteiger partial charge in [-0.25, -0.2) is 0 Å². The lowest BCUT2D eigenvalue weighted by Gasteiger charge is -2.05. The Kier molecular flexibility index (Phi) is 3.26. The van der Waals surface area contributed by atoms with Gasteiger partial charge in [0.25, 0.3) is 0 Å². The van der Waals surface area contributed by atoms with Crippen LogP contribution in [0.1, 0.15) is 0 Å². The van der Waals surface area contributed by atoms with Gasteiger partial charge >= 0.3 is 0 Å². The molecular formula is C3H9N3O. The van der Waals surface area contributed by atoms with Crippen LogP contribution in [0.2, 0.25) is 0 Å². The number of hydrogen-bond acceptors (Lipinski definition) is 3. The number of nitrogens with one attached hydrogen (secondary N) is 2. The first kappa shape index (κ1) is 6.39. The van der Waals surface area contributed by atoms with E-state index in [1.165, 1.54) is 0 Å². The van der Waals surface area contributed by atoms with E-state index in [4.69, 9.17) is 5.73 Å². The zero-order valence-corrected chi connectivity index (χ0v) is 4.14. The van der Waals surface area contributed by atoms with Crippen molar-refractivity contribution in [3.8, 4) is 0 Å². The number of carbonyl (C=O) groups excluding carboxylic acids is 1. The summed E-state index contributed by atoms with van der Waals surface area (Å²) >= 11 is 0. The summed E-state index contributed by atoms with van der Waals surface area (Å²) in [6.45, 7) is 0. The van der Waals surface area contributed by atoms with Crippen LogP contribution in [0.15, 0.2) is 0 Å². The van der Waals surface area contributed by atoms with E-state index in [2.05, 4.69) is 10.6 Å². The van der Waals surface area contributed by atoms with E-state index in [1.54, 1.807) is 7.05 Å². The molecule has 0 aliphatic heterocycles. The Balaban J connectivity index is 2.98. The highest BCUT2D eigenvalue weighted by molar-refractivity contribution is 5.46. The van der Waals surface area contributed by atoms with Gasteiger partial charge in [-0.15, -0.1) is 0 Å². The van der Waals surface area contributed by atoms with E-state index < -0.39 is 6.29 Å². The maximum Gasteiger partial charge on any atom is 0.209 e. The Hall–Kier alpha value is -0.610. The van der Waals surface area contributed by atoms with Gasteiger partial charge in [0.15, 0.2) is 0 Å². The molecular weight excluding hydrogens is 94.1 g/mol. The van der Waals surface area contributed by atoms with E-state index in [0.717, 1.165) is 0 Å². The van der Waals surface area contributed by atoms with E-state index in [0.29, 0.717) is 6.41 Å². The summed E-state index contributed by atoms with van der Waals surface area (Å²) in [6.07, 6.45) is 0.124. The molecule has 7 heavy (non-hydrogen) atoms. The molecule has 0 bridgehead atoms. The molecule has 4 nitrogen and oxygen atoms in total. The normalized spacial score (nSPS) is 12.9. The van der Waals surface area contributed by atoms with Crippen molar-refractivity contribution in [2.24, 2.45) is 5.73 Å². The highest BCUT2D eigenvalue weighted by Crippen LogP contribution is 1.49. The number of amides is 1. The van der Waals surface area contributed by atoms with Crippen LogP contribution in [0.5, 0.6) is 0 Å². The Bertz CT molecular complexity index is 56.1. The van der Waals surface area contributed by atoms with Gasteiger partial charge in [-0.3, -0.25) is 15.8 Å². The molecule has 42 valence electrons. The third-order valence-corrected chi connectivity index (χ3v) is 0.559. The van der Waals surface area contributed by atoms with Gasteiger partial charge in [0, 0.05) is 0 Å². The Morgan fingerprint density at radius 1 is 1.86 bits per heavy atom. The van der Waals surface area contributed by atoms with E-state index in [-0.39, 0.29) is 0 Å². The summed E-state index contributed by atoms with van der Waals surface area (Å²) in [4.78, 5) is 9.54. The van der Waals surface area contributed by atoms with Crippen LogP contribution in [0.3, 0.4) is 0 Å². The second-order valence-corrected chi connectivity index (χ2v) is 1.05. The maximum atomic E-state index is 9.54. The van der Waals surface area contributed by atoms with Crippen molar-refractivity contribution in [1.82, 2.24) is 10.6 Å². The zero-order valence-electron chi connectivity index (χ0n) is 4.14. The predicted octanol–water partition coefficient (Wildman–Crippen LogP) is -1.81. The molecule has 1 amide bonds. The van der Waals surface area contributed by atoms with Crippen molar-refractivity contribution in [3.05, 3.63) is 0 Å². The highest BCUT2D eigenvalue weighted by atomic mass is 16.1. The fourth-order valence-electron chi connectivity index (χ4n) is 0.157. The monoisotopic (exact) mass is 103 g/mol. The number of nitrogens with two attached hydrogens (primary N) is 1. The fraction of sp³-hybridized carbons (Fsp3) is 0.667. The molecule has 0 saturated carbocycles. The van der Waals surface area contributed by atoms with Crippen LogP contribution >= 0.6 is 0 Å². The molecule has 0 rings (SSSR count). The van der Waals surface area contributed by atoms with E-state index >= 15 is 0 Å². The molecule has 0 fully saturated rings. The second-order valence-electron chi connectivity index (χ2n) is 1.05. The van der Waals surface area contributed by atoms with Crippen LogP contribution in [-0.2, 0) is 4.79 Å². The predicted molar refractivity (Wildman–Crippen MR) is 26.2 cm³/mol. The second kappa shape index (κ2) is 3.58. The standard InChI is InChI=1S/C3H9N3O/c1-5-3(4)6-2-7/h2-3,5H,4H2,1H3,(H,6,7). The molecule has 0 spiro atoms. The quantitative estimate of drug-likeness (QED) is 0.291. The summed E-state index contributed by atoms with van der Waals surface area (Å²) in [5, 5.41) is 4.88. The summed E-state index contributed by atoms with van der Waals surface area (Å²) < 4.78 is 0. The Morgan fingerprint density at radius 2 is 2.43 bits per heavy atom.